The molecule has 0 unspecified atom stereocenters. The van der Waals surface area contributed by atoms with E-state index in [1.807, 2.05) is 48.5 Å². The van der Waals surface area contributed by atoms with Crippen LogP contribution in [0.2, 0.25) is 0 Å². The number of hydrogen-bond donors (Lipinski definition) is 2. The lowest BCUT2D eigenvalue weighted by atomic mass is 9.94. The van der Waals surface area contributed by atoms with E-state index in [1.54, 1.807) is 0 Å². The average molecular weight is 253 g/mol. The van der Waals surface area contributed by atoms with Crippen molar-refractivity contribution in [1.29, 1.82) is 0 Å². The van der Waals surface area contributed by atoms with Gasteiger partial charge in [0.05, 0.1) is 5.41 Å². The minimum absolute atomic E-state index is 0.631. The predicted molar refractivity (Wildman–Crippen MR) is 74.8 cm³/mol. The summed E-state index contributed by atoms with van der Waals surface area (Å²) in [5.41, 5.74) is 8.86. The van der Waals surface area contributed by atoms with Crippen molar-refractivity contribution >= 4 is 11.7 Å². The zero-order valence-electron chi connectivity index (χ0n) is 10.5. The smallest absolute Gasteiger partial charge is 0.314 e. The molecule has 3 N–H and O–H groups in total. The van der Waals surface area contributed by atoms with Gasteiger partial charge in [0.15, 0.2) is 0 Å². The van der Waals surface area contributed by atoms with Crippen molar-refractivity contribution in [3.8, 4) is 11.1 Å². The number of carboxylic acids is 1. The van der Waals surface area contributed by atoms with E-state index in [2.05, 4.69) is 0 Å². The number of hydrogen-bond acceptors (Lipinski definition) is 2. The Kier molecular flexibility index (Phi) is 2.56. The van der Waals surface area contributed by atoms with Crippen molar-refractivity contribution in [1.82, 2.24) is 0 Å². The molecule has 3 rings (SSSR count). The second-order valence-electron chi connectivity index (χ2n) is 5.09. The van der Waals surface area contributed by atoms with E-state index in [0.29, 0.717) is 0 Å². The number of aliphatic carboxylic acids is 1. The summed E-state index contributed by atoms with van der Waals surface area (Å²) in [7, 11) is 0. The number of rotatable bonds is 3. The molecule has 0 spiro atoms. The van der Waals surface area contributed by atoms with Crippen LogP contribution in [-0.2, 0) is 10.2 Å². The van der Waals surface area contributed by atoms with E-state index < -0.39 is 11.4 Å². The van der Waals surface area contributed by atoms with Crippen molar-refractivity contribution in [3.05, 3.63) is 54.1 Å². The Balaban J connectivity index is 1.94. The van der Waals surface area contributed by atoms with Crippen molar-refractivity contribution in [2.75, 3.05) is 5.73 Å². The van der Waals surface area contributed by atoms with Crippen LogP contribution in [0.1, 0.15) is 18.4 Å². The third kappa shape index (κ3) is 1.97. The number of nitrogens with two attached hydrogens (primary N) is 1. The molecule has 1 aliphatic rings. The maximum Gasteiger partial charge on any atom is 0.314 e. The van der Waals surface area contributed by atoms with E-state index in [9.17, 15) is 9.90 Å². The van der Waals surface area contributed by atoms with E-state index in [-0.39, 0.29) is 0 Å². The van der Waals surface area contributed by atoms with Crippen LogP contribution in [0.15, 0.2) is 48.5 Å². The summed E-state index contributed by atoms with van der Waals surface area (Å²) >= 11 is 0. The number of nitrogen functional groups attached to an aromatic ring is 1. The van der Waals surface area contributed by atoms with Crippen molar-refractivity contribution < 1.29 is 9.90 Å². The Bertz CT molecular complexity index is 627. The van der Waals surface area contributed by atoms with E-state index >= 15 is 0 Å². The van der Waals surface area contributed by atoms with Gasteiger partial charge in [-0.15, -0.1) is 0 Å². The average Bonchev–Trinajstić information content (AvgIpc) is 3.20. The summed E-state index contributed by atoms with van der Waals surface area (Å²) in [6.45, 7) is 0. The molecule has 2 aromatic rings. The molecule has 2 aromatic carbocycles. The van der Waals surface area contributed by atoms with Gasteiger partial charge in [-0.3, -0.25) is 4.79 Å². The van der Waals surface area contributed by atoms with Gasteiger partial charge in [0.1, 0.15) is 0 Å². The van der Waals surface area contributed by atoms with E-state index in [0.717, 1.165) is 35.2 Å². The molecule has 1 aliphatic carbocycles. The van der Waals surface area contributed by atoms with Crippen molar-refractivity contribution in [2.24, 2.45) is 0 Å². The first-order chi connectivity index (χ1) is 9.12. The Labute approximate surface area is 111 Å². The van der Waals surface area contributed by atoms with Gasteiger partial charge in [0.2, 0.25) is 0 Å². The highest BCUT2D eigenvalue weighted by molar-refractivity contribution is 5.85. The molecule has 0 saturated heterocycles. The van der Waals surface area contributed by atoms with Gasteiger partial charge in [-0.2, -0.15) is 0 Å². The maximum absolute atomic E-state index is 11.3. The van der Waals surface area contributed by atoms with Crippen LogP contribution in [0.4, 0.5) is 5.69 Å². The largest absolute Gasteiger partial charge is 0.481 e. The first kappa shape index (κ1) is 11.8. The first-order valence-electron chi connectivity index (χ1n) is 6.32. The van der Waals surface area contributed by atoms with Gasteiger partial charge in [-0.25, -0.2) is 0 Å². The summed E-state index contributed by atoms with van der Waals surface area (Å²) in [5.74, 6) is -0.718. The molecule has 3 nitrogen and oxygen atoms in total. The number of benzene rings is 2. The van der Waals surface area contributed by atoms with Gasteiger partial charge >= 0.3 is 5.97 Å². The number of anilines is 1. The van der Waals surface area contributed by atoms with Gasteiger partial charge in [0, 0.05) is 5.69 Å². The second kappa shape index (κ2) is 4.12. The van der Waals surface area contributed by atoms with Crippen molar-refractivity contribution in [2.45, 2.75) is 18.3 Å². The first-order valence-corrected chi connectivity index (χ1v) is 6.32. The van der Waals surface area contributed by atoms with E-state index in [4.69, 9.17) is 5.73 Å². The zero-order chi connectivity index (χ0) is 13.5. The highest BCUT2D eigenvalue weighted by Crippen LogP contribution is 2.48. The minimum atomic E-state index is -0.718. The SMILES string of the molecule is Nc1cccc(-c2ccc(C3(C(=O)O)CC3)cc2)c1. The molecular formula is C16H15NO2. The molecule has 0 aromatic heterocycles. The lowest BCUT2D eigenvalue weighted by Crippen LogP contribution is -2.19. The highest BCUT2D eigenvalue weighted by Gasteiger charge is 2.51. The topological polar surface area (TPSA) is 63.3 Å². The third-order valence-electron chi connectivity index (χ3n) is 3.82. The summed E-state index contributed by atoms with van der Waals surface area (Å²) in [4.78, 5) is 11.3. The van der Waals surface area contributed by atoms with Gasteiger partial charge in [0.25, 0.3) is 0 Å². The van der Waals surface area contributed by atoms with Crippen LogP contribution in [0.5, 0.6) is 0 Å². The van der Waals surface area contributed by atoms with Crippen LogP contribution < -0.4 is 5.73 Å². The molecule has 19 heavy (non-hydrogen) atoms. The maximum atomic E-state index is 11.3. The van der Waals surface area contributed by atoms with Gasteiger partial charge in [-0.05, 0) is 41.7 Å². The standard InChI is InChI=1S/C16H15NO2/c17-14-3-1-2-12(10-14)11-4-6-13(7-5-11)16(8-9-16)15(18)19/h1-7,10H,8-9,17H2,(H,18,19). The van der Waals surface area contributed by atoms with Crippen LogP contribution in [0, 0.1) is 0 Å². The lowest BCUT2D eigenvalue weighted by molar-refractivity contribution is -0.140. The highest BCUT2D eigenvalue weighted by atomic mass is 16.4. The van der Waals surface area contributed by atoms with E-state index in [1.165, 1.54) is 0 Å². The summed E-state index contributed by atoms with van der Waals surface area (Å²) in [6, 6.07) is 15.4. The van der Waals surface area contributed by atoms with Gasteiger partial charge in [-0.1, -0.05) is 36.4 Å². The summed E-state index contributed by atoms with van der Waals surface area (Å²) in [6.07, 6.45) is 1.47. The minimum Gasteiger partial charge on any atom is -0.481 e. The second-order valence-corrected chi connectivity index (χ2v) is 5.09. The molecule has 3 heteroatoms. The number of carboxylic acid groups (broad SMARTS) is 1. The van der Waals surface area contributed by atoms with Crippen LogP contribution >= 0.6 is 0 Å². The molecule has 1 saturated carbocycles. The Hall–Kier alpha value is -2.29. The molecule has 96 valence electrons. The number of carbonyl (C=O) groups is 1. The van der Waals surface area contributed by atoms with Crippen LogP contribution in [-0.4, -0.2) is 11.1 Å². The fourth-order valence-electron chi connectivity index (χ4n) is 2.45. The Morgan fingerprint density at radius 3 is 2.26 bits per heavy atom. The molecule has 0 amide bonds. The quantitative estimate of drug-likeness (QED) is 0.826. The molecule has 0 radical (unpaired) electrons. The third-order valence-corrected chi connectivity index (χ3v) is 3.82. The molecule has 0 heterocycles. The summed E-state index contributed by atoms with van der Waals surface area (Å²) < 4.78 is 0. The fourth-order valence-corrected chi connectivity index (χ4v) is 2.45. The lowest BCUT2D eigenvalue weighted by Gasteiger charge is -2.11. The fraction of sp³-hybridized carbons (Fsp3) is 0.188. The van der Waals surface area contributed by atoms with Crippen LogP contribution in [0.25, 0.3) is 11.1 Å². The molecule has 0 aliphatic heterocycles. The van der Waals surface area contributed by atoms with Crippen LogP contribution in [0.3, 0.4) is 0 Å². The predicted octanol–water partition coefficient (Wildman–Crippen LogP) is 3.05. The zero-order valence-corrected chi connectivity index (χ0v) is 10.5. The molecule has 1 fully saturated rings. The normalized spacial score (nSPS) is 16.0. The summed E-state index contributed by atoms with van der Waals surface area (Å²) in [5, 5.41) is 9.26. The molecule has 0 bridgehead atoms. The Morgan fingerprint density at radius 2 is 1.74 bits per heavy atom. The molecular weight excluding hydrogens is 238 g/mol. The Morgan fingerprint density at radius 1 is 1.05 bits per heavy atom. The molecule has 0 atom stereocenters. The monoisotopic (exact) mass is 253 g/mol. The van der Waals surface area contributed by atoms with Gasteiger partial charge < -0.3 is 10.8 Å². The van der Waals surface area contributed by atoms with Crippen molar-refractivity contribution in [3.63, 3.8) is 0 Å².